The highest BCUT2D eigenvalue weighted by atomic mass is 35.5. The molecule has 0 aromatic heterocycles. The summed E-state index contributed by atoms with van der Waals surface area (Å²) < 4.78 is 1.33. The Bertz CT molecular complexity index is 402. The van der Waals surface area contributed by atoms with Crippen LogP contribution < -0.4 is 0 Å². The summed E-state index contributed by atoms with van der Waals surface area (Å²) in [5.41, 5.74) is 1.52. The zero-order chi connectivity index (χ0) is 12.6. The van der Waals surface area contributed by atoms with Crippen LogP contribution in [0.2, 0.25) is 5.02 Å². The summed E-state index contributed by atoms with van der Waals surface area (Å²) in [6.45, 7) is 6.40. The monoisotopic (exact) mass is 264 g/mol. The summed E-state index contributed by atoms with van der Waals surface area (Å²) in [6.07, 6.45) is 5.66. The number of halogens is 1. The third-order valence-corrected chi connectivity index (χ3v) is 5.21. The predicted octanol–water partition coefficient (Wildman–Crippen LogP) is 4.42. The molecule has 1 aromatic rings. The molecule has 2 heteroatoms. The van der Waals surface area contributed by atoms with E-state index in [0.717, 1.165) is 17.0 Å². The van der Waals surface area contributed by atoms with Gasteiger partial charge in [0.15, 0.2) is 0 Å². The van der Waals surface area contributed by atoms with Crippen LogP contribution in [0, 0.1) is 5.92 Å². The van der Waals surface area contributed by atoms with Crippen molar-refractivity contribution in [1.29, 1.82) is 0 Å². The molecule has 0 radical (unpaired) electrons. The van der Waals surface area contributed by atoms with Gasteiger partial charge in [-0.15, -0.1) is 0 Å². The Labute approximate surface area is 115 Å². The van der Waals surface area contributed by atoms with Gasteiger partial charge in [-0.3, -0.25) is 0 Å². The molecular formula is C16H23ClN+. The van der Waals surface area contributed by atoms with E-state index in [2.05, 4.69) is 31.2 Å². The highest BCUT2D eigenvalue weighted by molar-refractivity contribution is 6.30. The Hall–Kier alpha value is -0.530. The number of benzene rings is 1. The fourth-order valence-electron chi connectivity index (χ4n) is 3.86. The fraction of sp³-hybridized carbons (Fsp3) is 0.625. The molecule has 18 heavy (non-hydrogen) atoms. The second-order valence-electron chi connectivity index (χ2n) is 6.02. The van der Waals surface area contributed by atoms with Crippen LogP contribution in [-0.2, 0) is 0 Å². The van der Waals surface area contributed by atoms with E-state index >= 15 is 0 Å². The van der Waals surface area contributed by atoms with Crippen LogP contribution in [0.15, 0.2) is 24.3 Å². The number of rotatable bonds is 4. The van der Waals surface area contributed by atoms with E-state index in [-0.39, 0.29) is 0 Å². The normalized spacial score (nSPS) is 24.1. The van der Waals surface area contributed by atoms with Gasteiger partial charge in [-0.1, -0.05) is 23.7 Å². The van der Waals surface area contributed by atoms with E-state index in [0.29, 0.717) is 0 Å². The first-order valence-electron chi connectivity index (χ1n) is 7.36. The highest BCUT2D eigenvalue weighted by Gasteiger charge is 2.47. The minimum atomic E-state index is 0.731. The summed E-state index contributed by atoms with van der Waals surface area (Å²) in [6, 6.07) is 9.39. The van der Waals surface area contributed by atoms with E-state index in [1.54, 1.807) is 0 Å². The van der Waals surface area contributed by atoms with E-state index in [1.807, 2.05) is 0 Å². The minimum absolute atomic E-state index is 0.731. The Morgan fingerprint density at radius 3 is 2.28 bits per heavy atom. The molecule has 1 aromatic carbocycles. The highest BCUT2D eigenvalue weighted by Crippen LogP contribution is 2.49. The second-order valence-corrected chi connectivity index (χ2v) is 6.46. The first kappa shape index (κ1) is 12.5. The van der Waals surface area contributed by atoms with Gasteiger partial charge in [-0.05, 0) is 31.9 Å². The molecule has 1 aliphatic heterocycles. The zero-order valence-electron chi connectivity index (χ0n) is 11.2. The summed E-state index contributed by atoms with van der Waals surface area (Å²) in [4.78, 5) is 0. The molecule has 98 valence electrons. The van der Waals surface area contributed by atoms with Crippen LogP contribution >= 0.6 is 11.6 Å². The molecule has 0 bridgehead atoms. The van der Waals surface area contributed by atoms with E-state index in [4.69, 9.17) is 11.6 Å². The minimum Gasteiger partial charge on any atom is -0.317 e. The number of hydrogen-bond donors (Lipinski definition) is 0. The molecule has 1 saturated carbocycles. The molecule has 1 saturated heterocycles. The first-order valence-corrected chi connectivity index (χ1v) is 7.74. The van der Waals surface area contributed by atoms with Gasteiger partial charge in [-0.25, -0.2) is 0 Å². The maximum absolute atomic E-state index is 6.03. The van der Waals surface area contributed by atoms with Crippen molar-refractivity contribution in [3.05, 3.63) is 34.9 Å². The molecule has 2 fully saturated rings. The lowest BCUT2D eigenvalue weighted by Gasteiger charge is -2.41. The lowest BCUT2D eigenvalue weighted by Crippen LogP contribution is -2.48. The van der Waals surface area contributed by atoms with Crippen molar-refractivity contribution in [1.82, 2.24) is 0 Å². The Morgan fingerprint density at radius 1 is 1.17 bits per heavy atom. The third-order valence-electron chi connectivity index (χ3n) is 4.96. The van der Waals surface area contributed by atoms with Gasteiger partial charge in [0.1, 0.15) is 6.04 Å². The predicted molar refractivity (Wildman–Crippen MR) is 76.7 cm³/mol. The smallest absolute Gasteiger partial charge is 0.117 e. The molecule has 0 spiro atoms. The van der Waals surface area contributed by atoms with Crippen LogP contribution in [-0.4, -0.2) is 24.1 Å². The Balaban J connectivity index is 1.94. The average molecular weight is 265 g/mol. The zero-order valence-corrected chi connectivity index (χ0v) is 12.0. The summed E-state index contributed by atoms with van der Waals surface area (Å²) in [7, 11) is 0. The third kappa shape index (κ3) is 2.19. The molecule has 0 N–H and O–H groups in total. The standard InChI is InChI=1S/C16H23ClN/c1-2-18(11-3-4-12-18)16(13-5-6-13)14-7-9-15(17)10-8-14/h7-10,13,16H,2-6,11-12H2,1H3/q+1. The van der Waals surface area contributed by atoms with Crippen molar-refractivity contribution in [3.8, 4) is 0 Å². The number of nitrogens with zero attached hydrogens (tertiary/aromatic N) is 1. The lowest BCUT2D eigenvalue weighted by molar-refractivity contribution is -0.947. The molecular weight excluding hydrogens is 242 g/mol. The maximum Gasteiger partial charge on any atom is 0.117 e. The average Bonchev–Trinajstić information content (AvgIpc) is 3.10. The van der Waals surface area contributed by atoms with Gasteiger partial charge in [-0.2, -0.15) is 0 Å². The lowest BCUT2D eigenvalue weighted by atomic mass is 9.98. The second kappa shape index (κ2) is 4.86. The fourth-order valence-corrected chi connectivity index (χ4v) is 3.99. The van der Waals surface area contributed by atoms with Crippen LogP contribution in [0.3, 0.4) is 0 Å². The van der Waals surface area contributed by atoms with E-state index < -0.39 is 0 Å². The van der Waals surface area contributed by atoms with Crippen molar-refractivity contribution in [2.24, 2.45) is 5.92 Å². The van der Waals surface area contributed by atoms with E-state index in [9.17, 15) is 0 Å². The van der Waals surface area contributed by atoms with Gasteiger partial charge in [0.25, 0.3) is 0 Å². The van der Waals surface area contributed by atoms with Gasteiger partial charge in [0.2, 0.25) is 0 Å². The SMILES string of the molecule is CC[N+]1(C(c2ccc(Cl)cc2)C2CC2)CCCC1. The Morgan fingerprint density at radius 2 is 1.78 bits per heavy atom. The van der Waals surface area contributed by atoms with Crippen molar-refractivity contribution in [2.45, 2.75) is 38.6 Å². The van der Waals surface area contributed by atoms with Crippen LogP contribution in [0.25, 0.3) is 0 Å². The number of quaternary nitrogens is 1. The molecule has 2 aliphatic rings. The Kier molecular flexibility index (Phi) is 3.38. The van der Waals surface area contributed by atoms with Crippen LogP contribution in [0.5, 0.6) is 0 Å². The number of likely N-dealkylation sites (tertiary alicyclic amines) is 1. The molecule has 1 atom stereocenters. The molecule has 3 rings (SSSR count). The molecule has 0 amide bonds. The summed E-state index contributed by atoms with van der Waals surface area (Å²) >= 11 is 6.03. The molecule has 1 aliphatic carbocycles. The van der Waals surface area contributed by atoms with Crippen molar-refractivity contribution < 1.29 is 4.48 Å². The quantitative estimate of drug-likeness (QED) is 0.706. The van der Waals surface area contributed by atoms with E-state index in [1.165, 1.54) is 55.4 Å². The van der Waals surface area contributed by atoms with Gasteiger partial charge in [0.05, 0.1) is 19.6 Å². The topological polar surface area (TPSA) is 0 Å². The molecule has 1 unspecified atom stereocenters. The van der Waals surface area contributed by atoms with Crippen molar-refractivity contribution in [2.75, 3.05) is 19.6 Å². The first-order chi connectivity index (χ1) is 8.75. The maximum atomic E-state index is 6.03. The summed E-state index contributed by atoms with van der Waals surface area (Å²) in [5.74, 6) is 0.921. The molecule has 1 nitrogen and oxygen atoms in total. The van der Waals surface area contributed by atoms with Crippen molar-refractivity contribution >= 4 is 11.6 Å². The largest absolute Gasteiger partial charge is 0.317 e. The van der Waals surface area contributed by atoms with Gasteiger partial charge in [0, 0.05) is 29.3 Å². The van der Waals surface area contributed by atoms with Gasteiger partial charge < -0.3 is 4.48 Å². The van der Waals surface area contributed by atoms with Gasteiger partial charge >= 0.3 is 0 Å². The van der Waals surface area contributed by atoms with Crippen LogP contribution in [0.4, 0.5) is 0 Å². The van der Waals surface area contributed by atoms with Crippen molar-refractivity contribution in [3.63, 3.8) is 0 Å². The van der Waals surface area contributed by atoms with Crippen LogP contribution in [0.1, 0.15) is 44.2 Å². The summed E-state index contributed by atoms with van der Waals surface area (Å²) in [5, 5.41) is 0.859. The molecule has 1 heterocycles. The number of hydrogen-bond acceptors (Lipinski definition) is 0.